The van der Waals surface area contributed by atoms with Gasteiger partial charge in [-0.2, -0.15) is 0 Å². The van der Waals surface area contributed by atoms with Gasteiger partial charge >= 0.3 is 5.97 Å². The molecule has 5 nitrogen and oxygen atoms in total. The average molecular weight is 338 g/mol. The van der Waals surface area contributed by atoms with Gasteiger partial charge in [0.25, 0.3) is 0 Å². The van der Waals surface area contributed by atoms with Crippen molar-refractivity contribution in [1.29, 1.82) is 0 Å². The predicted molar refractivity (Wildman–Crippen MR) is 93.5 cm³/mol. The Labute approximate surface area is 147 Å². The Morgan fingerprint density at radius 3 is 2.72 bits per heavy atom. The van der Waals surface area contributed by atoms with E-state index in [1.54, 1.807) is 18.0 Å². The number of nitrogens with zero attached hydrogens (tertiary/aromatic N) is 2. The molecule has 25 heavy (non-hydrogen) atoms. The molecule has 1 aromatic heterocycles. The Hall–Kier alpha value is -2.69. The Kier molecular flexibility index (Phi) is 5.12. The van der Waals surface area contributed by atoms with Crippen molar-refractivity contribution < 1.29 is 14.3 Å². The van der Waals surface area contributed by atoms with Gasteiger partial charge in [-0.1, -0.05) is 35.9 Å². The van der Waals surface area contributed by atoms with Crippen molar-refractivity contribution in [1.82, 2.24) is 9.88 Å². The third kappa shape index (κ3) is 4.05. The van der Waals surface area contributed by atoms with Gasteiger partial charge in [-0.25, -0.2) is 4.79 Å². The third-order valence-corrected chi connectivity index (χ3v) is 4.47. The maximum atomic E-state index is 12.6. The molecule has 2 heterocycles. The van der Waals surface area contributed by atoms with Crippen LogP contribution >= 0.6 is 0 Å². The summed E-state index contributed by atoms with van der Waals surface area (Å²) in [5.74, 6) is -0.371. The molecular formula is C20H22N2O3. The topological polar surface area (TPSA) is 59.5 Å². The van der Waals surface area contributed by atoms with Crippen molar-refractivity contribution in [2.24, 2.45) is 0 Å². The van der Waals surface area contributed by atoms with E-state index in [1.165, 1.54) is 0 Å². The Balaban J connectivity index is 1.68. The van der Waals surface area contributed by atoms with Crippen molar-refractivity contribution in [2.75, 3.05) is 0 Å². The number of amides is 1. The van der Waals surface area contributed by atoms with Crippen LogP contribution in [0, 0.1) is 6.92 Å². The highest BCUT2D eigenvalue weighted by atomic mass is 16.5. The van der Waals surface area contributed by atoms with Crippen molar-refractivity contribution in [3.8, 4) is 0 Å². The van der Waals surface area contributed by atoms with Crippen molar-refractivity contribution in [2.45, 2.75) is 45.4 Å². The number of carbonyl (C=O) groups excluding carboxylic acids is 2. The number of hydrogen-bond acceptors (Lipinski definition) is 4. The highest BCUT2D eigenvalue weighted by Gasteiger charge is 2.37. The van der Waals surface area contributed by atoms with Gasteiger partial charge in [0, 0.05) is 19.2 Å². The molecule has 0 unspecified atom stereocenters. The lowest BCUT2D eigenvalue weighted by Gasteiger charge is -2.25. The second-order valence-corrected chi connectivity index (χ2v) is 6.40. The molecule has 0 N–H and O–H groups in total. The summed E-state index contributed by atoms with van der Waals surface area (Å²) in [6.45, 7) is 4.24. The van der Waals surface area contributed by atoms with Crippen molar-refractivity contribution in [3.63, 3.8) is 0 Å². The monoisotopic (exact) mass is 338 g/mol. The Bertz CT molecular complexity index is 743. The summed E-state index contributed by atoms with van der Waals surface area (Å²) in [7, 11) is 0. The van der Waals surface area contributed by atoms with Gasteiger partial charge in [0.1, 0.15) is 12.1 Å². The van der Waals surface area contributed by atoms with Crippen LogP contribution in [0.2, 0.25) is 0 Å². The van der Waals surface area contributed by atoms with E-state index >= 15 is 0 Å². The molecule has 2 aromatic rings. The molecule has 130 valence electrons. The molecule has 1 fully saturated rings. The minimum atomic E-state index is -0.528. The summed E-state index contributed by atoms with van der Waals surface area (Å²) in [4.78, 5) is 30.6. The summed E-state index contributed by atoms with van der Waals surface area (Å²) >= 11 is 0. The van der Waals surface area contributed by atoms with Crippen LogP contribution < -0.4 is 0 Å². The SMILES string of the molecule is Cc1ccc(CN2C(=O)CC[C@@H]2C(=O)O[C@@H](C)c2ccccn2)cc1. The van der Waals surface area contributed by atoms with Crippen LogP contribution in [0.3, 0.4) is 0 Å². The van der Waals surface area contributed by atoms with Gasteiger partial charge in [0.2, 0.25) is 5.91 Å². The summed E-state index contributed by atoms with van der Waals surface area (Å²) in [5, 5.41) is 0. The van der Waals surface area contributed by atoms with Crippen LogP contribution in [0.15, 0.2) is 48.7 Å². The van der Waals surface area contributed by atoms with E-state index in [1.807, 2.05) is 49.4 Å². The van der Waals surface area contributed by atoms with Crippen LogP contribution in [0.1, 0.15) is 42.7 Å². The van der Waals surface area contributed by atoms with Gasteiger partial charge in [0.05, 0.1) is 5.69 Å². The number of benzene rings is 1. The second-order valence-electron chi connectivity index (χ2n) is 6.40. The molecule has 5 heteroatoms. The smallest absolute Gasteiger partial charge is 0.329 e. The normalized spacial score (nSPS) is 18.2. The molecule has 1 aromatic carbocycles. The van der Waals surface area contributed by atoms with Crippen LogP contribution in [-0.4, -0.2) is 27.8 Å². The highest BCUT2D eigenvalue weighted by molar-refractivity contribution is 5.88. The van der Waals surface area contributed by atoms with Crippen LogP contribution in [-0.2, 0) is 20.9 Å². The van der Waals surface area contributed by atoms with Gasteiger partial charge in [-0.3, -0.25) is 9.78 Å². The first-order valence-electron chi connectivity index (χ1n) is 8.51. The molecule has 0 aliphatic carbocycles. The Morgan fingerprint density at radius 1 is 1.28 bits per heavy atom. The molecule has 0 bridgehead atoms. The predicted octanol–water partition coefficient (Wildman–Crippen LogP) is 3.19. The van der Waals surface area contributed by atoms with Crippen molar-refractivity contribution in [3.05, 3.63) is 65.5 Å². The van der Waals surface area contributed by atoms with E-state index in [0.717, 1.165) is 11.1 Å². The van der Waals surface area contributed by atoms with Crippen LogP contribution in [0.5, 0.6) is 0 Å². The van der Waals surface area contributed by atoms with E-state index in [4.69, 9.17) is 4.74 Å². The van der Waals surface area contributed by atoms with E-state index < -0.39 is 12.1 Å². The first-order valence-corrected chi connectivity index (χ1v) is 8.51. The second kappa shape index (κ2) is 7.47. The molecule has 0 spiro atoms. The summed E-state index contributed by atoms with van der Waals surface area (Å²) < 4.78 is 5.56. The molecular weight excluding hydrogens is 316 g/mol. The number of ether oxygens (including phenoxy) is 1. The van der Waals surface area contributed by atoms with Crippen molar-refractivity contribution >= 4 is 11.9 Å². The molecule has 2 atom stereocenters. The molecule has 1 amide bonds. The standard InChI is InChI=1S/C20H22N2O3/c1-14-6-8-16(9-7-14)13-22-18(10-11-19(22)23)20(24)25-15(2)17-5-3-4-12-21-17/h3-9,12,15,18H,10-11,13H2,1-2H3/t15-,18+/m0/s1. The van der Waals surface area contributed by atoms with E-state index in [0.29, 0.717) is 25.1 Å². The molecule has 1 saturated heterocycles. The van der Waals surface area contributed by atoms with Gasteiger partial charge in [-0.05, 0) is 38.0 Å². The number of aromatic nitrogens is 1. The minimum absolute atomic E-state index is 0.00647. The zero-order valence-electron chi connectivity index (χ0n) is 14.5. The molecule has 1 aliphatic rings. The van der Waals surface area contributed by atoms with Crippen LogP contribution in [0.4, 0.5) is 0 Å². The van der Waals surface area contributed by atoms with Crippen LogP contribution in [0.25, 0.3) is 0 Å². The molecule has 3 rings (SSSR count). The van der Waals surface area contributed by atoms with Gasteiger partial charge in [0.15, 0.2) is 0 Å². The highest BCUT2D eigenvalue weighted by Crippen LogP contribution is 2.25. The lowest BCUT2D eigenvalue weighted by molar-refractivity contribution is -0.156. The average Bonchev–Trinajstić information content (AvgIpc) is 2.98. The number of carbonyl (C=O) groups is 2. The molecule has 1 aliphatic heterocycles. The zero-order chi connectivity index (χ0) is 17.8. The summed E-state index contributed by atoms with van der Waals surface area (Å²) in [5.41, 5.74) is 2.87. The first kappa shape index (κ1) is 17.1. The summed E-state index contributed by atoms with van der Waals surface area (Å²) in [6.07, 6.45) is 2.11. The number of hydrogen-bond donors (Lipinski definition) is 0. The maximum Gasteiger partial charge on any atom is 0.329 e. The maximum absolute atomic E-state index is 12.6. The lowest BCUT2D eigenvalue weighted by Crippen LogP contribution is -2.39. The number of aryl methyl sites for hydroxylation is 1. The largest absolute Gasteiger partial charge is 0.455 e. The van der Waals surface area contributed by atoms with E-state index in [-0.39, 0.29) is 11.9 Å². The minimum Gasteiger partial charge on any atom is -0.455 e. The first-order chi connectivity index (χ1) is 12.0. The van der Waals surface area contributed by atoms with E-state index in [9.17, 15) is 9.59 Å². The molecule has 0 saturated carbocycles. The van der Waals surface area contributed by atoms with Gasteiger partial charge in [-0.15, -0.1) is 0 Å². The fourth-order valence-corrected chi connectivity index (χ4v) is 3.00. The van der Waals surface area contributed by atoms with E-state index in [2.05, 4.69) is 4.98 Å². The number of esters is 1. The van der Waals surface area contributed by atoms with Gasteiger partial charge < -0.3 is 9.64 Å². The third-order valence-electron chi connectivity index (χ3n) is 4.47. The fraction of sp³-hybridized carbons (Fsp3) is 0.350. The number of rotatable bonds is 5. The summed E-state index contributed by atoms with van der Waals surface area (Å²) in [6, 6.07) is 13.0. The Morgan fingerprint density at radius 2 is 2.04 bits per heavy atom. The number of pyridine rings is 1. The lowest BCUT2D eigenvalue weighted by atomic mass is 10.1. The zero-order valence-corrected chi connectivity index (χ0v) is 14.5. The molecule has 0 radical (unpaired) electrons. The number of likely N-dealkylation sites (tertiary alicyclic amines) is 1. The quantitative estimate of drug-likeness (QED) is 0.786. The fourth-order valence-electron chi connectivity index (χ4n) is 3.00.